The van der Waals surface area contributed by atoms with Gasteiger partial charge in [0.2, 0.25) is 0 Å². The van der Waals surface area contributed by atoms with Crippen molar-refractivity contribution < 1.29 is 19.1 Å². The molecule has 0 saturated carbocycles. The number of ether oxygens (including phenoxy) is 1. The molecule has 156 valence electrons. The van der Waals surface area contributed by atoms with E-state index in [-0.39, 0.29) is 23.6 Å². The third kappa shape index (κ3) is 4.84. The van der Waals surface area contributed by atoms with E-state index in [1.807, 2.05) is 18.2 Å². The van der Waals surface area contributed by atoms with Crippen LogP contribution in [-0.4, -0.2) is 34.0 Å². The molecule has 7 nitrogen and oxygen atoms in total. The summed E-state index contributed by atoms with van der Waals surface area (Å²) in [6, 6.07) is 14.0. The van der Waals surface area contributed by atoms with E-state index in [0.29, 0.717) is 21.3 Å². The number of aromatic nitrogens is 1. The largest absolute Gasteiger partial charge is 0.497 e. The summed E-state index contributed by atoms with van der Waals surface area (Å²) >= 11 is 2.24. The Morgan fingerprint density at radius 3 is 2.71 bits per heavy atom. The maximum atomic E-state index is 12.7. The number of carbonyl (C=O) groups is 3. The van der Waals surface area contributed by atoms with Gasteiger partial charge in [0.05, 0.1) is 18.6 Å². The number of thioether (sulfide) groups is 1. The Kier molecular flexibility index (Phi) is 6.15. The van der Waals surface area contributed by atoms with Crippen LogP contribution < -0.4 is 10.1 Å². The lowest BCUT2D eigenvalue weighted by Crippen LogP contribution is -2.27. The molecule has 1 N–H and O–H groups in total. The van der Waals surface area contributed by atoms with Crippen molar-refractivity contribution in [1.29, 1.82) is 0 Å². The fraction of sp³-hybridized carbons (Fsp3) is 0.0909. The predicted molar refractivity (Wildman–Crippen MR) is 121 cm³/mol. The highest BCUT2D eigenvalue weighted by Gasteiger charge is 2.35. The highest BCUT2D eigenvalue weighted by atomic mass is 32.2. The smallest absolute Gasteiger partial charge is 0.293 e. The summed E-state index contributed by atoms with van der Waals surface area (Å²) in [5, 5.41) is 4.68. The number of benzene rings is 2. The van der Waals surface area contributed by atoms with Crippen LogP contribution >= 0.6 is 23.1 Å². The van der Waals surface area contributed by atoms with Crippen molar-refractivity contribution in [2.45, 2.75) is 6.54 Å². The Morgan fingerprint density at radius 1 is 1.19 bits per heavy atom. The number of thiazole rings is 1. The maximum Gasteiger partial charge on any atom is 0.293 e. The number of amides is 3. The average Bonchev–Trinajstić information content (AvgIpc) is 3.38. The minimum absolute atomic E-state index is 0.133. The molecule has 1 saturated heterocycles. The lowest BCUT2D eigenvalue weighted by molar-refractivity contribution is -0.123. The SMILES string of the molecule is COc1cccc(/C=C2\SC(=O)N(Cc3ccc(C(=O)Nc4nccs4)cc3)C2=O)c1. The van der Waals surface area contributed by atoms with Crippen molar-refractivity contribution in [2.75, 3.05) is 12.4 Å². The maximum absolute atomic E-state index is 12.7. The second-order valence-corrected chi connectivity index (χ2v) is 8.42. The summed E-state index contributed by atoms with van der Waals surface area (Å²) in [5.74, 6) is 0.0595. The quantitative estimate of drug-likeness (QED) is 0.549. The number of hydrogen-bond acceptors (Lipinski definition) is 7. The van der Waals surface area contributed by atoms with Crippen LogP contribution in [0.15, 0.2) is 65.0 Å². The van der Waals surface area contributed by atoms with Crippen LogP contribution in [0.4, 0.5) is 9.93 Å². The number of hydrogen-bond donors (Lipinski definition) is 1. The molecule has 0 unspecified atom stereocenters. The topological polar surface area (TPSA) is 88.6 Å². The summed E-state index contributed by atoms with van der Waals surface area (Å²) in [7, 11) is 1.57. The van der Waals surface area contributed by atoms with E-state index >= 15 is 0 Å². The normalized spacial score (nSPS) is 14.9. The van der Waals surface area contributed by atoms with Crippen molar-refractivity contribution >= 4 is 51.4 Å². The lowest BCUT2D eigenvalue weighted by atomic mass is 10.1. The van der Waals surface area contributed by atoms with Gasteiger partial charge in [-0.2, -0.15) is 0 Å². The highest BCUT2D eigenvalue weighted by Crippen LogP contribution is 2.33. The van der Waals surface area contributed by atoms with Crippen LogP contribution in [0.25, 0.3) is 6.08 Å². The van der Waals surface area contributed by atoms with Gasteiger partial charge in [-0.1, -0.05) is 24.3 Å². The van der Waals surface area contributed by atoms with E-state index in [1.54, 1.807) is 55.1 Å². The molecular weight excluding hydrogens is 434 g/mol. The molecule has 1 aliphatic heterocycles. The fourth-order valence-corrected chi connectivity index (χ4v) is 4.28. The summed E-state index contributed by atoms with van der Waals surface area (Å²) in [6.45, 7) is 0.133. The number of anilines is 1. The first kappa shape index (κ1) is 20.8. The van der Waals surface area contributed by atoms with Crippen LogP contribution in [0, 0.1) is 0 Å². The first-order valence-corrected chi connectivity index (χ1v) is 10.9. The molecule has 2 aromatic carbocycles. The first-order valence-electron chi connectivity index (χ1n) is 9.23. The van der Waals surface area contributed by atoms with Gasteiger partial charge in [-0.15, -0.1) is 11.3 Å². The number of nitrogens with one attached hydrogen (secondary N) is 1. The second kappa shape index (κ2) is 9.15. The van der Waals surface area contributed by atoms with Crippen molar-refractivity contribution in [2.24, 2.45) is 0 Å². The van der Waals surface area contributed by atoms with Crippen LogP contribution in [0.2, 0.25) is 0 Å². The average molecular weight is 452 g/mol. The van der Waals surface area contributed by atoms with Crippen LogP contribution in [-0.2, 0) is 11.3 Å². The molecule has 0 atom stereocenters. The number of imide groups is 1. The molecule has 4 rings (SSSR count). The number of carbonyl (C=O) groups excluding carboxylic acids is 3. The second-order valence-electron chi connectivity index (χ2n) is 6.53. The van der Waals surface area contributed by atoms with Crippen molar-refractivity contribution in [1.82, 2.24) is 9.88 Å². The van der Waals surface area contributed by atoms with E-state index in [1.165, 1.54) is 16.2 Å². The summed E-state index contributed by atoms with van der Waals surface area (Å²) in [4.78, 5) is 43.0. The van der Waals surface area contributed by atoms with Gasteiger partial charge < -0.3 is 4.74 Å². The minimum Gasteiger partial charge on any atom is -0.497 e. The van der Waals surface area contributed by atoms with Crippen molar-refractivity contribution in [3.8, 4) is 5.75 Å². The highest BCUT2D eigenvalue weighted by molar-refractivity contribution is 8.18. The Hall–Kier alpha value is -3.43. The van der Waals surface area contributed by atoms with E-state index in [4.69, 9.17) is 4.74 Å². The number of rotatable bonds is 6. The molecule has 3 amide bonds. The molecule has 1 aliphatic rings. The van der Waals surface area contributed by atoms with E-state index in [0.717, 1.165) is 22.9 Å². The molecule has 3 aromatic rings. The van der Waals surface area contributed by atoms with Crippen LogP contribution in [0.3, 0.4) is 0 Å². The van der Waals surface area contributed by atoms with Gasteiger partial charge in [-0.25, -0.2) is 4.98 Å². The Labute approximate surface area is 186 Å². The fourth-order valence-electron chi connectivity index (χ4n) is 2.92. The molecule has 0 radical (unpaired) electrons. The molecule has 0 spiro atoms. The molecular formula is C22H17N3O4S2. The molecule has 1 fully saturated rings. The van der Waals surface area contributed by atoms with Gasteiger partial charge in [0.1, 0.15) is 5.75 Å². The monoisotopic (exact) mass is 451 g/mol. The molecule has 31 heavy (non-hydrogen) atoms. The summed E-state index contributed by atoms with van der Waals surface area (Å²) in [6.07, 6.45) is 3.29. The Bertz CT molecular complexity index is 1160. The van der Waals surface area contributed by atoms with Gasteiger partial charge in [0.25, 0.3) is 17.1 Å². The third-order valence-corrected chi connectivity index (χ3v) is 6.07. The third-order valence-electron chi connectivity index (χ3n) is 4.47. The Morgan fingerprint density at radius 2 is 2.00 bits per heavy atom. The zero-order valence-electron chi connectivity index (χ0n) is 16.4. The van der Waals surface area contributed by atoms with E-state index in [9.17, 15) is 14.4 Å². The minimum atomic E-state index is -0.344. The summed E-state index contributed by atoms with van der Waals surface area (Å²) in [5.41, 5.74) is 1.99. The molecule has 2 heterocycles. The molecule has 1 aromatic heterocycles. The van der Waals surface area contributed by atoms with Crippen molar-refractivity contribution in [3.05, 3.63) is 81.7 Å². The number of nitrogens with zero attached hydrogens (tertiary/aromatic N) is 2. The van der Waals surface area contributed by atoms with Crippen LogP contribution in [0.1, 0.15) is 21.5 Å². The van der Waals surface area contributed by atoms with E-state index in [2.05, 4.69) is 10.3 Å². The van der Waals surface area contributed by atoms with Crippen molar-refractivity contribution in [3.63, 3.8) is 0 Å². The van der Waals surface area contributed by atoms with Gasteiger partial charge in [-0.3, -0.25) is 24.6 Å². The Balaban J connectivity index is 1.44. The lowest BCUT2D eigenvalue weighted by Gasteiger charge is -2.12. The first-order chi connectivity index (χ1) is 15.0. The van der Waals surface area contributed by atoms with Crippen LogP contribution in [0.5, 0.6) is 5.75 Å². The van der Waals surface area contributed by atoms with Gasteiger partial charge >= 0.3 is 0 Å². The number of methoxy groups -OCH3 is 1. The standard InChI is InChI=1S/C22H17N3O4S2/c1-29-17-4-2-3-15(11-17)12-18-20(27)25(22(28)31-18)13-14-5-7-16(8-6-14)19(26)24-21-23-9-10-30-21/h2-12H,13H2,1H3,(H,23,24,26)/b18-12-. The predicted octanol–water partition coefficient (Wildman–Crippen LogP) is 4.64. The zero-order chi connectivity index (χ0) is 21.8. The van der Waals surface area contributed by atoms with Gasteiger partial charge in [0, 0.05) is 17.1 Å². The summed E-state index contributed by atoms with van der Waals surface area (Å²) < 4.78 is 5.19. The zero-order valence-corrected chi connectivity index (χ0v) is 18.0. The van der Waals surface area contributed by atoms with Gasteiger partial charge in [0.15, 0.2) is 5.13 Å². The molecule has 9 heteroatoms. The molecule has 0 aliphatic carbocycles. The van der Waals surface area contributed by atoms with E-state index < -0.39 is 0 Å². The molecule has 0 bridgehead atoms. The van der Waals surface area contributed by atoms with Gasteiger partial charge in [-0.05, 0) is 53.2 Å².